The first-order valence-corrected chi connectivity index (χ1v) is 8.61. The van der Waals surface area contributed by atoms with Crippen molar-refractivity contribution in [2.75, 3.05) is 19.6 Å². The zero-order valence-electron chi connectivity index (χ0n) is 13.9. The first-order valence-electron chi connectivity index (χ1n) is 8.16. The van der Waals surface area contributed by atoms with Crippen molar-refractivity contribution in [2.45, 2.75) is 39.5 Å². The molecule has 0 radical (unpaired) electrons. The average molecular weight is 319 g/mol. The summed E-state index contributed by atoms with van der Waals surface area (Å²) in [5, 5.41) is 3.37. The number of thiol groups is 1. The van der Waals surface area contributed by atoms with Crippen molar-refractivity contribution >= 4 is 12.8 Å². The lowest BCUT2D eigenvalue weighted by atomic mass is 10.0. The Hall–Kier alpha value is -1.03. The molecule has 0 aromatic heterocycles. The van der Waals surface area contributed by atoms with Crippen LogP contribution in [0.1, 0.15) is 36.8 Å². The van der Waals surface area contributed by atoms with Crippen LogP contribution in [0.3, 0.4) is 0 Å². The molecule has 1 aromatic carbocycles. The Morgan fingerprint density at radius 1 is 0.955 bits per heavy atom. The van der Waals surface area contributed by atoms with E-state index < -0.39 is 0 Å². The van der Waals surface area contributed by atoms with E-state index in [1.165, 1.54) is 24.0 Å². The van der Waals surface area contributed by atoms with E-state index in [0.717, 1.165) is 32.5 Å². The maximum Gasteiger partial charge on any atom is 0.0182 e. The molecule has 0 saturated carbocycles. The minimum absolute atomic E-state index is 0.925. The van der Waals surface area contributed by atoms with Crippen LogP contribution in [-0.2, 0) is 0 Å². The van der Waals surface area contributed by atoms with E-state index in [-0.39, 0.29) is 0 Å². The molecule has 0 atom stereocenters. The van der Waals surface area contributed by atoms with Crippen molar-refractivity contribution in [1.29, 1.82) is 0 Å². The largest absolute Gasteiger partial charge is 0.315 e. The second-order valence-electron chi connectivity index (χ2n) is 5.69. The highest BCUT2D eigenvalue weighted by atomic mass is 32.1. The van der Waals surface area contributed by atoms with Crippen LogP contribution in [0.5, 0.6) is 0 Å². The molecule has 0 spiro atoms. The lowest BCUT2D eigenvalue weighted by Crippen LogP contribution is -2.23. The Morgan fingerprint density at radius 3 is 2.18 bits per heavy atom. The summed E-state index contributed by atoms with van der Waals surface area (Å²) in [6.45, 7) is 7.23. The Bertz CT molecular complexity index is 428. The SMILES string of the molecule is Cc1ccc(C)cc1.SNCCNCCCC1=CCC=CC1. The van der Waals surface area contributed by atoms with Gasteiger partial charge < -0.3 is 5.32 Å². The highest BCUT2D eigenvalue weighted by molar-refractivity contribution is 7.78. The summed E-state index contributed by atoms with van der Waals surface area (Å²) in [5.41, 5.74) is 4.26. The van der Waals surface area contributed by atoms with Crippen LogP contribution < -0.4 is 10.0 Å². The second-order valence-corrected chi connectivity index (χ2v) is 6.01. The zero-order chi connectivity index (χ0) is 16.0. The summed E-state index contributed by atoms with van der Waals surface area (Å²) >= 11 is 3.92. The maximum atomic E-state index is 3.92. The lowest BCUT2D eigenvalue weighted by molar-refractivity contribution is 0.640. The summed E-state index contributed by atoms with van der Waals surface area (Å²) < 4.78 is 2.82. The maximum absolute atomic E-state index is 3.92. The molecule has 2 nitrogen and oxygen atoms in total. The van der Waals surface area contributed by atoms with E-state index in [9.17, 15) is 0 Å². The first kappa shape index (κ1) is 19.0. The van der Waals surface area contributed by atoms with Crippen molar-refractivity contribution in [3.63, 3.8) is 0 Å². The van der Waals surface area contributed by atoms with Crippen molar-refractivity contribution in [1.82, 2.24) is 10.0 Å². The van der Waals surface area contributed by atoms with Gasteiger partial charge in [0.05, 0.1) is 0 Å². The number of allylic oxidation sites excluding steroid dienone is 4. The van der Waals surface area contributed by atoms with Gasteiger partial charge in [-0.1, -0.05) is 72.0 Å². The van der Waals surface area contributed by atoms with Gasteiger partial charge in [0.25, 0.3) is 0 Å². The van der Waals surface area contributed by atoms with Gasteiger partial charge in [0.1, 0.15) is 0 Å². The molecule has 1 aromatic rings. The number of aryl methyl sites for hydroxylation is 2. The van der Waals surface area contributed by atoms with Gasteiger partial charge in [0.15, 0.2) is 0 Å². The molecule has 0 heterocycles. The molecule has 22 heavy (non-hydrogen) atoms. The molecule has 3 heteroatoms. The van der Waals surface area contributed by atoms with Gasteiger partial charge in [0, 0.05) is 13.1 Å². The molecular weight excluding hydrogens is 288 g/mol. The molecule has 1 aliphatic carbocycles. The molecule has 2 rings (SSSR count). The van der Waals surface area contributed by atoms with E-state index in [2.05, 4.69) is 79.2 Å². The van der Waals surface area contributed by atoms with E-state index in [0.29, 0.717) is 0 Å². The normalized spacial score (nSPS) is 13.3. The van der Waals surface area contributed by atoms with Gasteiger partial charge in [-0.25, -0.2) is 0 Å². The highest BCUT2D eigenvalue weighted by Gasteiger charge is 1.98. The molecule has 2 N–H and O–H groups in total. The monoisotopic (exact) mass is 318 g/mol. The summed E-state index contributed by atoms with van der Waals surface area (Å²) in [7, 11) is 0. The fourth-order valence-corrected chi connectivity index (χ4v) is 2.31. The molecule has 0 bridgehead atoms. The number of nitrogens with one attached hydrogen (secondary N) is 2. The van der Waals surface area contributed by atoms with Gasteiger partial charge in [-0.05, 0) is 46.1 Å². The van der Waals surface area contributed by atoms with Crippen molar-refractivity contribution < 1.29 is 0 Å². The number of hydrogen-bond donors (Lipinski definition) is 3. The third-order valence-electron chi connectivity index (χ3n) is 3.57. The van der Waals surface area contributed by atoms with Gasteiger partial charge in [-0.15, -0.1) is 0 Å². The van der Waals surface area contributed by atoms with Crippen LogP contribution in [0.15, 0.2) is 48.1 Å². The molecule has 122 valence electrons. The number of hydrogen-bond acceptors (Lipinski definition) is 3. The molecule has 0 aliphatic heterocycles. The molecule has 0 unspecified atom stereocenters. The summed E-state index contributed by atoms with van der Waals surface area (Å²) in [6.07, 6.45) is 11.6. The molecular formula is C19H30N2S. The zero-order valence-corrected chi connectivity index (χ0v) is 14.8. The van der Waals surface area contributed by atoms with Crippen LogP contribution in [0.2, 0.25) is 0 Å². The lowest BCUT2D eigenvalue weighted by Gasteiger charge is -2.08. The third kappa shape index (κ3) is 9.82. The van der Waals surface area contributed by atoms with Crippen LogP contribution in [0, 0.1) is 13.8 Å². The molecule has 1 aliphatic rings. The van der Waals surface area contributed by atoms with Crippen LogP contribution in [0.4, 0.5) is 0 Å². The van der Waals surface area contributed by atoms with E-state index in [1.54, 1.807) is 5.57 Å². The van der Waals surface area contributed by atoms with Crippen LogP contribution in [0.25, 0.3) is 0 Å². The fraction of sp³-hybridized carbons (Fsp3) is 0.474. The minimum Gasteiger partial charge on any atom is -0.315 e. The van der Waals surface area contributed by atoms with Gasteiger partial charge >= 0.3 is 0 Å². The Balaban J connectivity index is 0.000000255. The first-order chi connectivity index (χ1) is 10.7. The number of rotatable bonds is 7. The molecule has 0 amide bonds. The highest BCUT2D eigenvalue weighted by Crippen LogP contribution is 2.15. The number of benzene rings is 1. The second kappa shape index (κ2) is 12.5. The van der Waals surface area contributed by atoms with Crippen LogP contribution >= 0.6 is 12.8 Å². The average Bonchev–Trinajstić information content (AvgIpc) is 2.55. The predicted octanol–water partition coefficient (Wildman–Crippen LogP) is 4.37. The third-order valence-corrected chi connectivity index (χ3v) is 3.80. The Kier molecular flexibility index (Phi) is 10.8. The van der Waals surface area contributed by atoms with Crippen molar-refractivity contribution in [3.8, 4) is 0 Å². The summed E-state index contributed by atoms with van der Waals surface area (Å²) in [4.78, 5) is 0. The van der Waals surface area contributed by atoms with Gasteiger partial charge in [-0.3, -0.25) is 4.72 Å². The van der Waals surface area contributed by atoms with Crippen molar-refractivity contribution in [2.24, 2.45) is 0 Å². The predicted molar refractivity (Wildman–Crippen MR) is 101 cm³/mol. The van der Waals surface area contributed by atoms with Crippen molar-refractivity contribution in [3.05, 3.63) is 59.2 Å². The van der Waals surface area contributed by atoms with E-state index in [4.69, 9.17) is 0 Å². The fourth-order valence-electron chi connectivity index (χ4n) is 2.20. The summed E-state index contributed by atoms with van der Waals surface area (Å²) in [5.74, 6) is 0. The smallest absolute Gasteiger partial charge is 0.0182 e. The topological polar surface area (TPSA) is 24.1 Å². The minimum atomic E-state index is 0.925. The Morgan fingerprint density at radius 2 is 1.64 bits per heavy atom. The van der Waals surface area contributed by atoms with E-state index in [1.807, 2.05) is 0 Å². The summed E-state index contributed by atoms with van der Waals surface area (Å²) in [6, 6.07) is 8.48. The Labute approximate surface area is 141 Å². The molecule has 0 saturated heterocycles. The van der Waals surface area contributed by atoms with Gasteiger partial charge in [-0.2, -0.15) is 0 Å². The standard InChI is InChI=1S/C11H20N2S.C8H10/c14-13-10-9-12-8-4-7-11-5-2-1-3-6-11;1-7-3-5-8(2)6-4-7/h1-2,6,12-14H,3-5,7-10H2;3-6H,1-2H3. The quantitative estimate of drug-likeness (QED) is 0.395. The van der Waals surface area contributed by atoms with Crippen LogP contribution in [-0.4, -0.2) is 19.6 Å². The van der Waals surface area contributed by atoms with E-state index >= 15 is 0 Å². The van der Waals surface area contributed by atoms with Gasteiger partial charge in [0.2, 0.25) is 0 Å². The molecule has 0 fully saturated rings.